The molecule has 0 atom stereocenters. The number of rotatable bonds is 4. The minimum atomic E-state index is 0.587. The number of nitrogens with one attached hydrogen (secondary N) is 1. The van der Waals surface area contributed by atoms with E-state index in [1.54, 1.807) is 6.20 Å². The van der Waals surface area contributed by atoms with Crippen LogP contribution in [0.25, 0.3) is 11.3 Å². The van der Waals surface area contributed by atoms with Gasteiger partial charge >= 0.3 is 0 Å². The quantitative estimate of drug-likeness (QED) is 0.929. The van der Waals surface area contributed by atoms with Crippen molar-refractivity contribution in [3.8, 4) is 11.3 Å². The Bertz CT molecular complexity index is 588. The summed E-state index contributed by atoms with van der Waals surface area (Å²) in [6, 6.07) is 0. The van der Waals surface area contributed by atoms with Crippen molar-refractivity contribution in [2.75, 3.05) is 11.9 Å². The molecule has 1 N–H and O–H groups in total. The second-order valence-corrected chi connectivity index (χ2v) is 5.75. The van der Waals surface area contributed by atoms with Crippen LogP contribution in [0, 0.1) is 5.92 Å². The number of aryl methyl sites for hydroxylation is 1. The van der Waals surface area contributed by atoms with E-state index >= 15 is 0 Å². The average molecular weight is 271 g/mol. The van der Waals surface area contributed by atoms with E-state index in [0.717, 1.165) is 36.6 Å². The summed E-state index contributed by atoms with van der Waals surface area (Å²) >= 11 is 0. The number of nitrogens with zero attached hydrogens (tertiary/aromatic N) is 4. The Kier molecular flexibility index (Phi) is 3.67. The molecule has 0 radical (unpaired) electrons. The number of hydrogen-bond acceptors (Lipinski definition) is 4. The van der Waals surface area contributed by atoms with Gasteiger partial charge in [0.1, 0.15) is 5.82 Å². The van der Waals surface area contributed by atoms with E-state index in [1.807, 2.05) is 12.4 Å². The Labute approximate surface area is 119 Å². The van der Waals surface area contributed by atoms with Crippen LogP contribution in [0.5, 0.6) is 0 Å². The summed E-state index contributed by atoms with van der Waals surface area (Å²) in [4.78, 5) is 8.97. The standard InChI is InChI=1S/C15H21N5/c1-11(2)7-17-15-10-16-9-13(19-15)12-8-18-20-6-4-3-5-14(12)20/h8-11H,3-7H2,1-2H3,(H,17,19). The van der Waals surface area contributed by atoms with E-state index in [0.29, 0.717) is 5.92 Å². The van der Waals surface area contributed by atoms with Crippen LogP contribution in [0.2, 0.25) is 0 Å². The summed E-state index contributed by atoms with van der Waals surface area (Å²) < 4.78 is 2.11. The molecule has 0 aromatic carbocycles. The SMILES string of the molecule is CC(C)CNc1cncc(-c2cnn3c2CCCC3)n1. The van der Waals surface area contributed by atoms with Crippen molar-refractivity contribution >= 4 is 5.82 Å². The van der Waals surface area contributed by atoms with E-state index in [1.165, 1.54) is 18.5 Å². The lowest BCUT2D eigenvalue weighted by Gasteiger charge is -2.14. The van der Waals surface area contributed by atoms with Gasteiger partial charge in [-0.3, -0.25) is 9.67 Å². The first-order valence-corrected chi connectivity index (χ1v) is 7.35. The van der Waals surface area contributed by atoms with Gasteiger partial charge in [-0.15, -0.1) is 0 Å². The van der Waals surface area contributed by atoms with Crippen molar-refractivity contribution in [1.29, 1.82) is 0 Å². The van der Waals surface area contributed by atoms with Gasteiger partial charge in [0.2, 0.25) is 0 Å². The molecule has 5 nitrogen and oxygen atoms in total. The normalized spacial score (nSPS) is 14.3. The Balaban J connectivity index is 1.86. The Morgan fingerprint density at radius 3 is 3.00 bits per heavy atom. The molecule has 0 saturated carbocycles. The molecule has 2 aromatic rings. The molecule has 0 aliphatic carbocycles. The molecule has 3 heterocycles. The van der Waals surface area contributed by atoms with Gasteiger partial charge in [-0.05, 0) is 25.2 Å². The Morgan fingerprint density at radius 1 is 1.25 bits per heavy atom. The molecule has 5 heteroatoms. The molecular formula is C15H21N5. The van der Waals surface area contributed by atoms with Crippen molar-refractivity contribution in [1.82, 2.24) is 19.7 Å². The predicted octanol–water partition coefficient (Wildman–Crippen LogP) is 2.74. The van der Waals surface area contributed by atoms with Gasteiger partial charge in [-0.25, -0.2) is 4.98 Å². The zero-order valence-corrected chi connectivity index (χ0v) is 12.1. The van der Waals surface area contributed by atoms with Gasteiger partial charge in [0.15, 0.2) is 0 Å². The van der Waals surface area contributed by atoms with Crippen LogP contribution in [0.4, 0.5) is 5.82 Å². The average Bonchev–Trinajstić information content (AvgIpc) is 2.89. The first-order valence-electron chi connectivity index (χ1n) is 7.35. The summed E-state index contributed by atoms with van der Waals surface area (Å²) in [6.45, 7) is 6.29. The van der Waals surface area contributed by atoms with Crippen LogP contribution >= 0.6 is 0 Å². The number of hydrogen-bond donors (Lipinski definition) is 1. The monoisotopic (exact) mass is 271 g/mol. The molecule has 0 bridgehead atoms. The molecule has 0 saturated heterocycles. The largest absolute Gasteiger partial charge is 0.369 e. The smallest absolute Gasteiger partial charge is 0.145 e. The molecule has 0 unspecified atom stereocenters. The highest BCUT2D eigenvalue weighted by atomic mass is 15.3. The number of anilines is 1. The third-order valence-corrected chi connectivity index (χ3v) is 3.58. The topological polar surface area (TPSA) is 55.6 Å². The first kappa shape index (κ1) is 13.1. The molecule has 20 heavy (non-hydrogen) atoms. The van der Waals surface area contributed by atoms with Crippen LogP contribution in [-0.2, 0) is 13.0 Å². The van der Waals surface area contributed by atoms with Gasteiger partial charge in [-0.2, -0.15) is 5.10 Å². The lowest BCUT2D eigenvalue weighted by molar-refractivity contribution is 0.487. The molecule has 1 aliphatic heterocycles. The van der Waals surface area contributed by atoms with Crippen LogP contribution < -0.4 is 5.32 Å². The van der Waals surface area contributed by atoms with E-state index in [-0.39, 0.29) is 0 Å². The highest BCUT2D eigenvalue weighted by molar-refractivity contribution is 5.62. The van der Waals surface area contributed by atoms with Crippen molar-refractivity contribution < 1.29 is 0 Å². The fraction of sp³-hybridized carbons (Fsp3) is 0.533. The minimum Gasteiger partial charge on any atom is -0.369 e. The minimum absolute atomic E-state index is 0.587. The molecule has 106 valence electrons. The third kappa shape index (κ3) is 2.66. The van der Waals surface area contributed by atoms with Gasteiger partial charge in [0.05, 0.1) is 24.3 Å². The maximum atomic E-state index is 4.67. The summed E-state index contributed by atoms with van der Waals surface area (Å²) in [7, 11) is 0. The fourth-order valence-electron chi connectivity index (χ4n) is 2.52. The fourth-order valence-corrected chi connectivity index (χ4v) is 2.52. The van der Waals surface area contributed by atoms with E-state index in [9.17, 15) is 0 Å². The van der Waals surface area contributed by atoms with Gasteiger partial charge in [0, 0.05) is 24.3 Å². The summed E-state index contributed by atoms with van der Waals surface area (Å²) in [5.74, 6) is 1.43. The number of aromatic nitrogens is 4. The van der Waals surface area contributed by atoms with Gasteiger partial charge in [0.25, 0.3) is 0 Å². The highest BCUT2D eigenvalue weighted by Crippen LogP contribution is 2.26. The Morgan fingerprint density at radius 2 is 2.15 bits per heavy atom. The van der Waals surface area contributed by atoms with E-state index < -0.39 is 0 Å². The lowest BCUT2D eigenvalue weighted by Crippen LogP contribution is -2.12. The molecular weight excluding hydrogens is 250 g/mol. The number of fused-ring (bicyclic) bond motifs is 1. The maximum Gasteiger partial charge on any atom is 0.145 e. The van der Waals surface area contributed by atoms with E-state index in [2.05, 4.69) is 38.9 Å². The molecule has 2 aromatic heterocycles. The van der Waals surface area contributed by atoms with Crippen LogP contribution in [0.15, 0.2) is 18.6 Å². The van der Waals surface area contributed by atoms with Crippen LogP contribution in [-0.4, -0.2) is 26.3 Å². The zero-order valence-electron chi connectivity index (χ0n) is 12.1. The second kappa shape index (κ2) is 5.61. The molecule has 0 spiro atoms. The van der Waals surface area contributed by atoms with Crippen molar-refractivity contribution in [2.24, 2.45) is 5.92 Å². The second-order valence-electron chi connectivity index (χ2n) is 5.75. The Hall–Kier alpha value is -1.91. The maximum absolute atomic E-state index is 4.67. The predicted molar refractivity (Wildman–Crippen MR) is 79.5 cm³/mol. The third-order valence-electron chi connectivity index (χ3n) is 3.58. The molecule has 1 aliphatic rings. The summed E-state index contributed by atoms with van der Waals surface area (Å²) in [6.07, 6.45) is 9.07. The zero-order chi connectivity index (χ0) is 13.9. The van der Waals surface area contributed by atoms with Crippen molar-refractivity contribution in [3.05, 3.63) is 24.3 Å². The van der Waals surface area contributed by atoms with E-state index in [4.69, 9.17) is 0 Å². The van der Waals surface area contributed by atoms with Gasteiger partial charge in [-0.1, -0.05) is 13.8 Å². The van der Waals surface area contributed by atoms with Crippen molar-refractivity contribution in [2.45, 2.75) is 39.7 Å². The molecule has 0 fully saturated rings. The lowest BCUT2D eigenvalue weighted by atomic mass is 10.1. The first-order chi connectivity index (χ1) is 9.74. The van der Waals surface area contributed by atoms with Crippen molar-refractivity contribution in [3.63, 3.8) is 0 Å². The molecule has 3 rings (SSSR count). The van der Waals surface area contributed by atoms with Gasteiger partial charge < -0.3 is 5.32 Å². The summed E-state index contributed by atoms with van der Waals surface area (Å²) in [5.41, 5.74) is 3.35. The molecule has 0 amide bonds. The highest BCUT2D eigenvalue weighted by Gasteiger charge is 2.17. The van der Waals surface area contributed by atoms with Crippen LogP contribution in [0.1, 0.15) is 32.4 Å². The summed E-state index contributed by atoms with van der Waals surface area (Å²) in [5, 5.41) is 7.79. The van der Waals surface area contributed by atoms with Crippen LogP contribution in [0.3, 0.4) is 0 Å².